The van der Waals surface area contributed by atoms with Crippen molar-refractivity contribution < 1.29 is 19.4 Å². The number of hydrogen-bond acceptors (Lipinski definition) is 4. The fourth-order valence-corrected chi connectivity index (χ4v) is 2.93. The average molecular weight is 399 g/mol. The predicted molar refractivity (Wildman–Crippen MR) is 113 cm³/mol. The minimum atomic E-state index is -0.926. The van der Waals surface area contributed by atoms with E-state index >= 15 is 0 Å². The summed E-state index contributed by atoms with van der Waals surface area (Å²) in [6, 6.07) is 18.1. The third-order valence-electron chi connectivity index (χ3n) is 4.24. The SMILES string of the molecule is CC(C)(C)OC(=O)N[C@@H](CN[C@@H](Cc1ccccc1)C(=O)O)Cc1ccccc1. The summed E-state index contributed by atoms with van der Waals surface area (Å²) in [7, 11) is 0. The van der Waals surface area contributed by atoms with Gasteiger partial charge in [-0.15, -0.1) is 0 Å². The maximum Gasteiger partial charge on any atom is 0.407 e. The Kier molecular flexibility index (Phi) is 8.21. The highest BCUT2D eigenvalue weighted by molar-refractivity contribution is 5.74. The van der Waals surface area contributed by atoms with Crippen LogP contribution in [-0.2, 0) is 22.4 Å². The molecule has 0 saturated heterocycles. The fourth-order valence-electron chi connectivity index (χ4n) is 2.93. The van der Waals surface area contributed by atoms with Gasteiger partial charge in [0.05, 0.1) is 0 Å². The zero-order chi connectivity index (χ0) is 21.3. The van der Waals surface area contributed by atoms with Crippen molar-refractivity contribution in [3.05, 3.63) is 71.8 Å². The molecule has 0 aliphatic rings. The van der Waals surface area contributed by atoms with Gasteiger partial charge >= 0.3 is 12.1 Å². The van der Waals surface area contributed by atoms with Gasteiger partial charge in [-0.25, -0.2) is 4.79 Å². The molecule has 0 aliphatic carbocycles. The first-order valence-corrected chi connectivity index (χ1v) is 9.76. The lowest BCUT2D eigenvalue weighted by molar-refractivity contribution is -0.139. The molecule has 6 heteroatoms. The molecule has 2 aromatic carbocycles. The van der Waals surface area contributed by atoms with Crippen LogP contribution in [0.3, 0.4) is 0 Å². The first-order valence-electron chi connectivity index (χ1n) is 9.76. The lowest BCUT2D eigenvalue weighted by Gasteiger charge is -2.25. The van der Waals surface area contributed by atoms with Gasteiger partial charge in [-0.1, -0.05) is 60.7 Å². The standard InChI is InChI=1S/C23H30N2O4/c1-23(2,3)29-22(28)25-19(14-17-10-6-4-7-11-17)16-24-20(21(26)27)15-18-12-8-5-9-13-18/h4-13,19-20,24H,14-16H2,1-3H3,(H,25,28)(H,26,27)/t19-,20+/m1/s1. The van der Waals surface area contributed by atoms with E-state index in [4.69, 9.17) is 4.74 Å². The zero-order valence-electron chi connectivity index (χ0n) is 17.2. The highest BCUT2D eigenvalue weighted by Crippen LogP contribution is 2.09. The van der Waals surface area contributed by atoms with Crippen LogP contribution in [0.4, 0.5) is 4.79 Å². The molecular weight excluding hydrogens is 368 g/mol. The number of rotatable bonds is 9. The monoisotopic (exact) mass is 398 g/mol. The van der Waals surface area contributed by atoms with Crippen LogP contribution in [0.15, 0.2) is 60.7 Å². The summed E-state index contributed by atoms with van der Waals surface area (Å²) in [6.45, 7) is 5.71. The van der Waals surface area contributed by atoms with Crippen LogP contribution in [0.25, 0.3) is 0 Å². The molecule has 0 spiro atoms. The van der Waals surface area contributed by atoms with E-state index in [0.29, 0.717) is 19.4 Å². The number of benzene rings is 2. The Morgan fingerprint density at radius 3 is 1.93 bits per heavy atom. The van der Waals surface area contributed by atoms with Gasteiger partial charge in [0.25, 0.3) is 0 Å². The summed E-state index contributed by atoms with van der Waals surface area (Å²) in [5.74, 6) is -0.926. The van der Waals surface area contributed by atoms with Crippen LogP contribution in [-0.4, -0.2) is 41.4 Å². The summed E-state index contributed by atoms with van der Waals surface area (Å²) >= 11 is 0. The minimum absolute atomic E-state index is 0.304. The quantitative estimate of drug-likeness (QED) is 0.603. The van der Waals surface area contributed by atoms with Crippen LogP contribution in [0.2, 0.25) is 0 Å². The van der Waals surface area contributed by atoms with E-state index in [1.54, 1.807) is 20.8 Å². The molecule has 0 fully saturated rings. The molecule has 0 unspecified atom stereocenters. The highest BCUT2D eigenvalue weighted by atomic mass is 16.6. The molecule has 0 aromatic heterocycles. The molecule has 0 heterocycles. The predicted octanol–water partition coefficient (Wildman–Crippen LogP) is 3.41. The zero-order valence-corrected chi connectivity index (χ0v) is 17.2. The molecule has 0 saturated carbocycles. The first-order chi connectivity index (χ1) is 13.7. The second kappa shape index (κ2) is 10.6. The Hall–Kier alpha value is -2.86. The third-order valence-corrected chi connectivity index (χ3v) is 4.24. The summed E-state index contributed by atoms with van der Waals surface area (Å²) < 4.78 is 5.36. The molecule has 1 amide bonds. The molecule has 6 nitrogen and oxygen atoms in total. The van der Waals surface area contributed by atoms with Crippen LogP contribution in [0.1, 0.15) is 31.9 Å². The Morgan fingerprint density at radius 2 is 1.45 bits per heavy atom. The highest BCUT2D eigenvalue weighted by Gasteiger charge is 2.23. The van der Waals surface area contributed by atoms with E-state index in [0.717, 1.165) is 11.1 Å². The largest absolute Gasteiger partial charge is 0.480 e. The van der Waals surface area contributed by atoms with E-state index < -0.39 is 23.7 Å². The molecule has 3 N–H and O–H groups in total. The van der Waals surface area contributed by atoms with Gasteiger partial charge in [0.1, 0.15) is 11.6 Å². The summed E-state index contributed by atoms with van der Waals surface area (Å²) in [5.41, 5.74) is 1.38. The second-order valence-electron chi connectivity index (χ2n) is 8.02. The summed E-state index contributed by atoms with van der Waals surface area (Å²) in [5, 5.41) is 15.5. The number of aliphatic carboxylic acids is 1. The lowest BCUT2D eigenvalue weighted by atomic mass is 10.0. The Bertz CT molecular complexity index is 772. The number of hydrogen-bond donors (Lipinski definition) is 3. The fraction of sp³-hybridized carbons (Fsp3) is 0.391. The maximum atomic E-state index is 12.3. The van der Waals surface area contributed by atoms with Crippen molar-refractivity contribution in [3.8, 4) is 0 Å². The van der Waals surface area contributed by atoms with Crippen molar-refractivity contribution in [2.24, 2.45) is 0 Å². The summed E-state index contributed by atoms with van der Waals surface area (Å²) in [6.07, 6.45) is 0.404. The normalized spacial score (nSPS) is 13.3. The molecule has 2 aromatic rings. The number of amides is 1. The van der Waals surface area contributed by atoms with Gasteiger partial charge in [0.15, 0.2) is 0 Å². The van der Waals surface area contributed by atoms with Gasteiger partial charge in [-0.05, 0) is 44.7 Å². The number of carboxylic acid groups (broad SMARTS) is 1. The van der Waals surface area contributed by atoms with Crippen molar-refractivity contribution in [1.82, 2.24) is 10.6 Å². The second-order valence-corrected chi connectivity index (χ2v) is 8.02. The summed E-state index contributed by atoms with van der Waals surface area (Å²) in [4.78, 5) is 24.0. The Morgan fingerprint density at radius 1 is 0.931 bits per heavy atom. The first kappa shape index (κ1) is 22.4. The van der Waals surface area contributed by atoms with Crippen molar-refractivity contribution in [1.29, 1.82) is 0 Å². The van der Waals surface area contributed by atoms with Crippen molar-refractivity contribution in [2.45, 2.75) is 51.3 Å². The van der Waals surface area contributed by atoms with E-state index in [1.165, 1.54) is 0 Å². The molecule has 0 bridgehead atoms. The van der Waals surface area contributed by atoms with Gasteiger partial charge in [0.2, 0.25) is 0 Å². The maximum absolute atomic E-state index is 12.3. The van der Waals surface area contributed by atoms with Gasteiger partial charge in [-0.3, -0.25) is 4.79 Å². The smallest absolute Gasteiger partial charge is 0.407 e. The number of ether oxygens (including phenoxy) is 1. The van der Waals surface area contributed by atoms with Crippen LogP contribution >= 0.6 is 0 Å². The molecule has 156 valence electrons. The Labute approximate surface area is 172 Å². The van der Waals surface area contributed by atoms with Gasteiger partial charge in [-0.2, -0.15) is 0 Å². The Balaban J connectivity index is 2.04. The van der Waals surface area contributed by atoms with Crippen molar-refractivity contribution in [2.75, 3.05) is 6.54 Å². The van der Waals surface area contributed by atoms with E-state index in [1.807, 2.05) is 60.7 Å². The minimum Gasteiger partial charge on any atom is -0.480 e. The number of alkyl carbamates (subject to hydrolysis) is 1. The van der Waals surface area contributed by atoms with Crippen molar-refractivity contribution >= 4 is 12.1 Å². The van der Waals surface area contributed by atoms with E-state index in [9.17, 15) is 14.7 Å². The average Bonchev–Trinajstić information content (AvgIpc) is 2.64. The molecule has 2 atom stereocenters. The van der Waals surface area contributed by atoms with Crippen LogP contribution in [0.5, 0.6) is 0 Å². The number of nitrogens with one attached hydrogen (secondary N) is 2. The lowest BCUT2D eigenvalue weighted by Crippen LogP contribution is -2.49. The number of carbonyl (C=O) groups is 2. The van der Waals surface area contributed by atoms with Gasteiger partial charge in [0, 0.05) is 12.6 Å². The topological polar surface area (TPSA) is 87.7 Å². The van der Waals surface area contributed by atoms with E-state index in [2.05, 4.69) is 10.6 Å². The molecule has 0 aliphatic heterocycles. The molecular formula is C23H30N2O4. The van der Waals surface area contributed by atoms with Crippen LogP contribution < -0.4 is 10.6 Å². The molecule has 0 radical (unpaired) electrons. The molecule has 2 rings (SSSR count). The molecule has 29 heavy (non-hydrogen) atoms. The van der Waals surface area contributed by atoms with Crippen LogP contribution in [0, 0.1) is 0 Å². The number of carbonyl (C=O) groups excluding carboxylic acids is 1. The third kappa shape index (κ3) is 8.79. The van der Waals surface area contributed by atoms with Crippen molar-refractivity contribution in [3.63, 3.8) is 0 Å². The number of carboxylic acids is 1. The van der Waals surface area contributed by atoms with Gasteiger partial charge < -0.3 is 20.5 Å². The van der Waals surface area contributed by atoms with E-state index in [-0.39, 0.29) is 6.04 Å².